The Bertz CT molecular complexity index is 863. The Morgan fingerprint density at radius 2 is 2.10 bits per heavy atom. The summed E-state index contributed by atoms with van der Waals surface area (Å²) in [7, 11) is 0. The lowest BCUT2D eigenvalue weighted by Crippen LogP contribution is -2.67. The number of urea groups is 1. The molecule has 4 atom stereocenters. The van der Waals surface area contributed by atoms with Gasteiger partial charge in [0.1, 0.15) is 6.61 Å². The number of morpholine rings is 1. The minimum absolute atomic E-state index is 0.0528. The lowest BCUT2D eigenvalue weighted by atomic mass is 9.99. The van der Waals surface area contributed by atoms with Crippen molar-refractivity contribution in [2.24, 2.45) is 0 Å². The average Bonchev–Trinajstić information content (AvgIpc) is 2.72. The van der Waals surface area contributed by atoms with Gasteiger partial charge in [0.05, 0.1) is 43.0 Å². The number of rotatable bonds is 3. The van der Waals surface area contributed by atoms with Crippen LogP contribution in [-0.2, 0) is 27.1 Å². The summed E-state index contributed by atoms with van der Waals surface area (Å²) in [5.41, 5.74) is -0.0346. The molecule has 10 heteroatoms. The summed E-state index contributed by atoms with van der Waals surface area (Å²) in [5.74, 6) is -0.175. The SMILES string of the molecule is Cc1ccc(COC2CN(C(=O)N3CCC4OCC(=O)NC4C3)C2C)cc1C(F)(F)F. The van der Waals surface area contributed by atoms with E-state index >= 15 is 0 Å². The largest absolute Gasteiger partial charge is 0.416 e. The van der Waals surface area contributed by atoms with E-state index in [0.29, 0.717) is 31.6 Å². The fourth-order valence-corrected chi connectivity index (χ4v) is 4.34. The zero-order chi connectivity index (χ0) is 22.3. The number of nitrogens with zero attached hydrogens (tertiary/aromatic N) is 2. The quantitative estimate of drug-likeness (QED) is 0.782. The van der Waals surface area contributed by atoms with Gasteiger partial charge in [-0.15, -0.1) is 0 Å². The van der Waals surface area contributed by atoms with Crippen molar-refractivity contribution in [2.75, 3.05) is 26.2 Å². The third-order valence-electron chi connectivity index (χ3n) is 6.32. The highest BCUT2D eigenvalue weighted by atomic mass is 19.4. The first-order chi connectivity index (χ1) is 14.6. The second-order valence-corrected chi connectivity index (χ2v) is 8.43. The molecule has 3 fully saturated rings. The monoisotopic (exact) mass is 441 g/mol. The Labute approximate surface area is 178 Å². The average molecular weight is 441 g/mol. The van der Waals surface area contributed by atoms with Gasteiger partial charge < -0.3 is 24.6 Å². The van der Waals surface area contributed by atoms with Gasteiger partial charge in [0, 0.05) is 13.1 Å². The number of amides is 3. The van der Waals surface area contributed by atoms with Gasteiger partial charge in [-0.05, 0) is 37.5 Å². The lowest BCUT2D eigenvalue weighted by Gasteiger charge is -2.49. The number of halogens is 3. The number of benzene rings is 1. The highest BCUT2D eigenvalue weighted by Gasteiger charge is 2.44. The minimum Gasteiger partial charge on any atom is -0.370 e. The summed E-state index contributed by atoms with van der Waals surface area (Å²) in [4.78, 5) is 27.8. The maximum absolute atomic E-state index is 13.1. The Balaban J connectivity index is 1.29. The van der Waals surface area contributed by atoms with Crippen molar-refractivity contribution in [3.8, 4) is 0 Å². The van der Waals surface area contributed by atoms with Gasteiger partial charge in [0.2, 0.25) is 5.91 Å². The molecule has 0 radical (unpaired) electrons. The van der Waals surface area contributed by atoms with E-state index in [-0.39, 0.29) is 55.0 Å². The van der Waals surface area contributed by atoms with Crippen LogP contribution in [-0.4, -0.2) is 72.3 Å². The Morgan fingerprint density at radius 3 is 2.81 bits per heavy atom. The van der Waals surface area contributed by atoms with Crippen LogP contribution in [0.3, 0.4) is 0 Å². The Morgan fingerprint density at radius 1 is 1.32 bits per heavy atom. The summed E-state index contributed by atoms with van der Waals surface area (Å²) in [5, 5.41) is 2.87. The Hall–Kier alpha value is -2.33. The second kappa shape index (κ2) is 8.31. The van der Waals surface area contributed by atoms with Crippen LogP contribution >= 0.6 is 0 Å². The van der Waals surface area contributed by atoms with Gasteiger partial charge in [-0.25, -0.2) is 4.79 Å². The van der Waals surface area contributed by atoms with Gasteiger partial charge in [-0.3, -0.25) is 4.79 Å². The van der Waals surface area contributed by atoms with Crippen molar-refractivity contribution >= 4 is 11.9 Å². The van der Waals surface area contributed by atoms with E-state index in [1.165, 1.54) is 13.0 Å². The number of likely N-dealkylation sites (tertiary alicyclic amines) is 2. The van der Waals surface area contributed by atoms with E-state index < -0.39 is 11.7 Å². The van der Waals surface area contributed by atoms with Crippen LogP contribution in [0.15, 0.2) is 18.2 Å². The molecule has 3 aliphatic heterocycles. The highest BCUT2D eigenvalue weighted by Crippen LogP contribution is 2.33. The first-order valence-corrected chi connectivity index (χ1v) is 10.4. The molecule has 4 rings (SSSR count). The van der Waals surface area contributed by atoms with Crippen LogP contribution in [0.2, 0.25) is 0 Å². The summed E-state index contributed by atoms with van der Waals surface area (Å²) in [6, 6.07) is 3.68. The molecule has 0 spiro atoms. The number of piperidine rings is 1. The molecule has 170 valence electrons. The molecule has 0 aromatic heterocycles. The second-order valence-electron chi connectivity index (χ2n) is 8.43. The number of nitrogens with one attached hydrogen (secondary N) is 1. The number of hydrogen-bond donors (Lipinski definition) is 1. The van der Waals surface area contributed by atoms with E-state index in [1.807, 2.05) is 6.92 Å². The molecule has 7 nitrogen and oxygen atoms in total. The van der Waals surface area contributed by atoms with E-state index in [2.05, 4.69) is 5.32 Å². The third kappa shape index (κ3) is 4.50. The van der Waals surface area contributed by atoms with Gasteiger partial charge >= 0.3 is 12.2 Å². The molecule has 3 aliphatic rings. The van der Waals surface area contributed by atoms with Gasteiger partial charge in [-0.2, -0.15) is 13.2 Å². The highest BCUT2D eigenvalue weighted by molar-refractivity contribution is 5.79. The molecule has 1 N–H and O–H groups in total. The first-order valence-electron chi connectivity index (χ1n) is 10.4. The first kappa shape index (κ1) is 21.9. The molecule has 3 saturated heterocycles. The maximum atomic E-state index is 13.1. The van der Waals surface area contributed by atoms with Crippen molar-refractivity contribution < 1.29 is 32.2 Å². The molecule has 31 heavy (non-hydrogen) atoms. The Kier molecular flexibility index (Phi) is 5.87. The van der Waals surface area contributed by atoms with Gasteiger partial charge in [-0.1, -0.05) is 12.1 Å². The van der Waals surface area contributed by atoms with Crippen molar-refractivity contribution in [3.63, 3.8) is 0 Å². The number of aryl methyl sites for hydroxylation is 1. The smallest absolute Gasteiger partial charge is 0.370 e. The molecule has 3 heterocycles. The molecule has 0 aliphatic carbocycles. The molecule has 1 aromatic rings. The zero-order valence-electron chi connectivity index (χ0n) is 17.4. The topological polar surface area (TPSA) is 71.1 Å². The summed E-state index contributed by atoms with van der Waals surface area (Å²) < 4.78 is 50.6. The summed E-state index contributed by atoms with van der Waals surface area (Å²) in [6.45, 7) is 4.73. The van der Waals surface area contributed by atoms with Crippen LogP contribution in [0.1, 0.15) is 30.0 Å². The number of carbonyl (C=O) groups excluding carboxylic acids is 2. The third-order valence-corrected chi connectivity index (χ3v) is 6.32. The van der Waals surface area contributed by atoms with E-state index in [4.69, 9.17) is 9.47 Å². The van der Waals surface area contributed by atoms with Crippen molar-refractivity contribution in [2.45, 2.75) is 57.3 Å². The van der Waals surface area contributed by atoms with Crippen LogP contribution < -0.4 is 5.32 Å². The maximum Gasteiger partial charge on any atom is 0.416 e. The number of carbonyl (C=O) groups is 2. The van der Waals surface area contributed by atoms with E-state index in [1.54, 1.807) is 15.9 Å². The molecule has 0 bridgehead atoms. The summed E-state index contributed by atoms with van der Waals surface area (Å²) in [6.07, 6.45) is -4.05. The van der Waals surface area contributed by atoms with Crippen molar-refractivity contribution in [1.29, 1.82) is 0 Å². The predicted octanol–water partition coefficient (Wildman–Crippen LogP) is 2.31. The number of alkyl halides is 3. The van der Waals surface area contributed by atoms with Crippen LogP contribution in [0.25, 0.3) is 0 Å². The summed E-state index contributed by atoms with van der Waals surface area (Å²) >= 11 is 0. The molecular weight excluding hydrogens is 415 g/mol. The fourth-order valence-electron chi connectivity index (χ4n) is 4.34. The van der Waals surface area contributed by atoms with Crippen LogP contribution in [0.4, 0.5) is 18.0 Å². The molecule has 3 amide bonds. The normalized spacial score (nSPS) is 28.6. The predicted molar refractivity (Wildman–Crippen MR) is 104 cm³/mol. The van der Waals surface area contributed by atoms with Crippen LogP contribution in [0, 0.1) is 6.92 Å². The van der Waals surface area contributed by atoms with Gasteiger partial charge in [0.25, 0.3) is 0 Å². The van der Waals surface area contributed by atoms with E-state index in [0.717, 1.165) is 6.07 Å². The molecule has 1 aromatic carbocycles. The van der Waals surface area contributed by atoms with Gasteiger partial charge in [0.15, 0.2) is 0 Å². The molecule has 0 saturated carbocycles. The zero-order valence-corrected chi connectivity index (χ0v) is 17.4. The van der Waals surface area contributed by atoms with Crippen molar-refractivity contribution in [3.05, 3.63) is 34.9 Å². The number of ether oxygens (including phenoxy) is 2. The molecule has 4 unspecified atom stereocenters. The lowest BCUT2D eigenvalue weighted by molar-refractivity contribution is -0.140. The number of hydrogen-bond acceptors (Lipinski definition) is 4. The standard InChI is InChI=1S/C21H26F3N3O4/c1-12-3-4-14(7-15(12)21(22,23)24)10-30-18-9-27(13(18)2)20(29)26-6-5-17-16(8-26)25-19(28)11-31-17/h3-4,7,13,16-18H,5-6,8-11H2,1-2H3,(H,25,28). The van der Waals surface area contributed by atoms with Crippen LogP contribution in [0.5, 0.6) is 0 Å². The van der Waals surface area contributed by atoms with E-state index in [9.17, 15) is 22.8 Å². The fraction of sp³-hybridized carbons (Fsp3) is 0.619. The minimum atomic E-state index is -4.40. The molecular formula is C21H26F3N3O4. The van der Waals surface area contributed by atoms with Crippen molar-refractivity contribution in [1.82, 2.24) is 15.1 Å². The number of fused-ring (bicyclic) bond motifs is 1.